The van der Waals surface area contributed by atoms with Crippen molar-refractivity contribution in [1.82, 2.24) is 20.0 Å². The van der Waals surface area contributed by atoms with Crippen molar-refractivity contribution in [1.29, 1.82) is 0 Å². The van der Waals surface area contributed by atoms with Crippen LogP contribution in [0.1, 0.15) is 29.0 Å². The predicted molar refractivity (Wildman–Crippen MR) is 111 cm³/mol. The molecule has 2 aromatic rings. The number of aromatic nitrogens is 2. The number of aliphatic imine (C=N–C) groups is 1. The van der Waals surface area contributed by atoms with Crippen LogP contribution in [-0.2, 0) is 12.8 Å². The van der Waals surface area contributed by atoms with Crippen LogP contribution in [0.2, 0.25) is 0 Å². The monoisotopic (exact) mass is 371 g/mol. The highest BCUT2D eigenvalue weighted by atomic mass is 32.2. The fraction of sp³-hybridized carbons (Fsp3) is 0.500. The molecule has 3 rings (SSSR count). The van der Waals surface area contributed by atoms with Crippen molar-refractivity contribution in [2.75, 3.05) is 32.4 Å². The summed E-state index contributed by atoms with van der Waals surface area (Å²) in [5, 5.41) is 7.82. The first kappa shape index (κ1) is 18.8. The van der Waals surface area contributed by atoms with Crippen molar-refractivity contribution in [3.63, 3.8) is 0 Å². The summed E-state index contributed by atoms with van der Waals surface area (Å²) in [5.41, 5.74) is 4.04. The number of hydrogen-bond acceptors (Lipinski definition) is 3. The molecule has 6 heteroatoms. The lowest BCUT2D eigenvalue weighted by Crippen LogP contribution is -2.40. The van der Waals surface area contributed by atoms with E-state index in [0.29, 0.717) is 5.92 Å². The number of nitrogens with one attached hydrogen (secondary N) is 1. The summed E-state index contributed by atoms with van der Waals surface area (Å²) in [6.45, 7) is 5.14. The Morgan fingerprint density at radius 2 is 2.15 bits per heavy atom. The summed E-state index contributed by atoms with van der Waals surface area (Å²) in [4.78, 5) is 6.83. The minimum atomic E-state index is 0.554. The van der Waals surface area contributed by atoms with Crippen LogP contribution in [0.3, 0.4) is 0 Å². The van der Waals surface area contributed by atoms with Crippen molar-refractivity contribution in [3.05, 3.63) is 53.3 Å². The molecule has 0 aliphatic carbocycles. The normalized spacial score (nSPS) is 17.7. The zero-order valence-electron chi connectivity index (χ0n) is 16.0. The molecule has 1 N–H and O–H groups in total. The van der Waals surface area contributed by atoms with Gasteiger partial charge in [-0.15, -0.1) is 0 Å². The van der Waals surface area contributed by atoms with E-state index in [1.807, 2.05) is 36.7 Å². The first-order valence-corrected chi connectivity index (χ1v) is 10.4. The molecule has 1 aliphatic rings. The molecule has 1 aromatic carbocycles. The zero-order valence-corrected chi connectivity index (χ0v) is 16.8. The molecule has 0 bridgehead atoms. The van der Waals surface area contributed by atoms with E-state index >= 15 is 0 Å². The van der Waals surface area contributed by atoms with Gasteiger partial charge in [0.15, 0.2) is 5.96 Å². The minimum Gasteiger partial charge on any atom is -0.355 e. The predicted octanol–water partition coefficient (Wildman–Crippen LogP) is 3.03. The fourth-order valence-electron chi connectivity index (χ4n) is 3.32. The Bertz CT molecular complexity index is 722. The van der Waals surface area contributed by atoms with Gasteiger partial charge in [0, 0.05) is 57.4 Å². The summed E-state index contributed by atoms with van der Waals surface area (Å²) in [6.07, 6.45) is 5.28. The maximum atomic E-state index is 4.47. The van der Waals surface area contributed by atoms with Crippen LogP contribution in [0.5, 0.6) is 0 Å². The summed E-state index contributed by atoms with van der Waals surface area (Å²) < 4.78 is 1.89. The molecule has 5 nitrogen and oxygen atoms in total. The molecule has 0 radical (unpaired) electrons. The largest absolute Gasteiger partial charge is 0.355 e. The van der Waals surface area contributed by atoms with E-state index in [2.05, 4.69) is 57.7 Å². The molecular weight excluding hydrogens is 342 g/mol. The second-order valence-corrected chi connectivity index (χ2v) is 8.00. The first-order chi connectivity index (χ1) is 12.7. The standard InChI is InChI=1S/C20H29N5S/c1-16-4-6-17(7-5-16)15-26-11-9-22-20(21-2)25-10-8-18(14-25)19-12-23-24(3)13-19/h4-7,12-13,18H,8-11,14-15H2,1-3H3,(H,21,22). The number of guanidine groups is 1. The van der Waals surface area contributed by atoms with E-state index in [-0.39, 0.29) is 0 Å². The molecule has 1 atom stereocenters. The number of benzene rings is 1. The molecule has 1 aromatic heterocycles. The molecule has 0 amide bonds. The van der Waals surface area contributed by atoms with Gasteiger partial charge in [0.2, 0.25) is 0 Å². The molecule has 26 heavy (non-hydrogen) atoms. The van der Waals surface area contributed by atoms with Crippen LogP contribution in [0.4, 0.5) is 0 Å². The van der Waals surface area contributed by atoms with Crippen molar-refractivity contribution in [3.8, 4) is 0 Å². The number of rotatable bonds is 6. The lowest BCUT2D eigenvalue weighted by atomic mass is 10.0. The second-order valence-electron chi connectivity index (χ2n) is 6.89. The molecule has 1 unspecified atom stereocenters. The number of hydrogen-bond donors (Lipinski definition) is 1. The summed E-state index contributed by atoms with van der Waals surface area (Å²) in [7, 11) is 3.85. The Morgan fingerprint density at radius 1 is 1.35 bits per heavy atom. The van der Waals surface area contributed by atoms with E-state index < -0.39 is 0 Å². The van der Waals surface area contributed by atoms with Crippen LogP contribution in [-0.4, -0.2) is 53.1 Å². The summed E-state index contributed by atoms with van der Waals surface area (Å²) in [6, 6.07) is 8.80. The number of thioether (sulfide) groups is 1. The van der Waals surface area contributed by atoms with Gasteiger partial charge >= 0.3 is 0 Å². The molecule has 1 saturated heterocycles. The maximum Gasteiger partial charge on any atom is 0.193 e. The van der Waals surface area contributed by atoms with Crippen molar-refractivity contribution >= 4 is 17.7 Å². The highest BCUT2D eigenvalue weighted by molar-refractivity contribution is 7.98. The van der Waals surface area contributed by atoms with Gasteiger partial charge < -0.3 is 10.2 Å². The molecule has 2 heterocycles. The van der Waals surface area contributed by atoms with Crippen LogP contribution >= 0.6 is 11.8 Å². The Labute approximate surface area is 160 Å². The quantitative estimate of drug-likeness (QED) is 0.482. The van der Waals surface area contributed by atoms with Crippen LogP contribution in [0.15, 0.2) is 41.7 Å². The highest BCUT2D eigenvalue weighted by Gasteiger charge is 2.26. The Balaban J connectivity index is 1.39. The fourth-order valence-corrected chi connectivity index (χ4v) is 4.14. The zero-order chi connectivity index (χ0) is 18.4. The Kier molecular flexibility index (Phi) is 6.61. The summed E-state index contributed by atoms with van der Waals surface area (Å²) >= 11 is 1.96. The number of aryl methyl sites for hydroxylation is 2. The average Bonchev–Trinajstić information content (AvgIpc) is 3.29. The van der Waals surface area contributed by atoms with Crippen LogP contribution in [0.25, 0.3) is 0 Å². The van der Waals surface area contributed by atoms with Gasteiger partial charge in [-0.1, -0.05) is 29.8 Å². The van der Waals surface area contributed by atoms with E-state index in [1.165, 1.54) is 16.7 Å². The highest BCUT2D eigenvalue weighted by Crippen LogP contribution is 2.26. The van der Waals surface area contributed by atoms with Gasteiger partial charge in [0.25, 0.3) is 0 Å². The lowest BCUT2D eigenvalue weighted by molar-refractivity contribution is 0.488. The van der Waals surface area contributed by atoms with Gasteiger partial charge in [0.05, 0.1) is 6.20 Å². The Hall–Kier alpha value is -1.95. The van der Waals surface area contributed by atoms with Gasteiger partial charge in [-0.3, -0.25) is 9.67 Å². The third kappa shape index (κ3) is 5.04. The van der Waals surface area contributed by atoms with Gasteiger partial charge in [0.1, 0.15) is 0 Å². The smallest absolute Gasteiger partial charge is 0.193 e. The molecule has 1 fully saturated rings. The number of likely N-dealkylation sites (tertiary alicyclic amines) is 1. The average molecular weight is 372 g/mol. The second kappa shape index (κ2) is 9.12. The molecule has 1 aliphatic heterocycles. The SMILES string of the molecule is CN=C(NCCSCc1ccc(C)cc1)N1CCC(c2cnn(C)c2)C1. The topological polar surface area (TPSA) is 45.5 Å². The van der Waals surface area contributed by atoms with E-state index in [4.69, 9.17) is 0 Å². The number of nitrogens with zero attached hydrogens (tertiary/aromatic N) is 4. The van der Waals surface area contributed by atoms with E-state index in [0.717, 1.165) is 43.5 Å². The van der Waals surface area contributed by atoms with Crippen molar-refractivity contribution in [2.45, 2.75) is 25.0 Å². The van der Waals surface area contributed by atoms with Crippen LogP contribution < -0.4 is 5.32 Å². The summed E-state index contributed by atoms with van der Waals surface area (Å²) in [5.74, 6) is 3.71. The first-order valence-electron chi connectivity index (χ1n) is 9.23. The molecule has 0 spiro atoms. The third-order valence-corrected chi connectivity index (χ3v) is 5.84. The maximum absolute atomic E-state index is 4.47. The van der Waals surface area contributed by atoms with Crippen molar-refractivity contribution < 1.29 is 0 Å². The Morgan fingerprint density at radius 3 is 2.85 bits per heavy atom. The van der Waals surface area contributed by atoms with Crippen LogP contribution in [0, 0.1) is 6.92 Å². The van der Waals surface area contributed by atoms with Gasteiger partial charge in [-0.25, -0.2) is 0 Å². The van der Waals surface area contributed by atoms with E-state index in [9.17, 15) is 0 Å². The molecule has 140 valence electrons. The molecular formula is C20H29N5S. The molecule has 0 saturated carbocycles. The minimum absolute atomic E-state index is 0.554. The third-order valence-electron chi connectivity index (χ3n) is 4.81. The van der Waals surface area contributed by atoms with Gasteiger partial charge in [-0.2, -0.15) is 16.9 Å². The lowest BCUT2D eigenvalue weighted by Gasteiger charge is -2.21. The van der Waals surface area contributed by atoms with E-state index in [1.54, 1.807) is 0 Å². The van der Waals surface area contributed by atoms with Gasteiger partial charge in [-0.05, 0) is 24.5 Å². The van der Waals surface area contributed by atoms with Crippen molar-refractivity contribution in [2.24, 2.45) is 12.0 Å².